The van der Waals surface area contributed by atoms with Crippen molar-refractivity contribution in [3.8, 4) is 0 Å². The third-order valence-electron chi connectivity index (χ3n) is 8.03. The van der Waals surface area contributed by atoms with Crippen LogP contribution in [0.2, 0.25) is 0 Å². The summed E-state index contributed by atoms with van der Waals surface area (Å²) < 4.78 is 0. The molecule has 2 saturated carbocycles. The molecule has 2 aliphatic carbocycles. The summed E-state index contributed by atoms with van der Waals surface area (Å²) in [6.07, 6.45) is 6.45. The Morgan fingerprint density at radius 2 is 1.17 bits per heavy atom. The second-order valence-corrected chi connectivity index (χ2v) is 9.20. The van der Waals surface area contributed by atoms with E-state index in [1.807, 2.05) is 12.1 Å². The number of hydrogen-bond donors (Lipinski definition) is 0. The van der Waals surface area contributed by atoms with E-state index < -0.39 is 0 Å². The van der Waals surface area contributed by atoms with Gasteiger partial charge in [-0.05, 0) is 53.3 Å². The summed E-state index contributed by atoms with van der Waals surface area (Å²) in [4.78, 5) is 2.20. The van der Waals surface area contributed by atoms with Gasteiger partial charge in [0.15, 0.2) is 0 Å². The molecule has 3 aliphatic rings. The van der Waals surface area contributed by atoms with Crippen LogP contribution >= 0.6 is 0 Å². The van der Waals surface area contributed by atoms with E-state index in [1.54, 1.807) is 0 Å². The molecule has 1 aromatic carbocycles. The van der Waals surface area contributed by atoms with Crippen LogP contribution in [0.1, 0.15) is 77.8 Å². The SMILES string of the molecule is CC1C(C)C(C)C(C)C1C.[CH3-].[CH3-].[CH3-].[N-]=C1c2ccccc2CN1C1CCCCC1.[Ti+4]. The zero-order chi connectivity index (χ0) is 18.8. The Morgan fingerprint density at radius 3 is 1.60 bits per heavy atom. The number of nitrogens with zero attached hydrogens (tertiary/aromatic N) is 2. The van der Waals surface area contributed by atoms with Crippen LogP contribution < -0.4 is 0 Å². The molecular weight excluding hydrogens is 400 g/mol. The maximum absolute atomic E-state index is 10.2. The fourth-order valence-corrected chi connectivity index (χ4v) is 5.38. The molecular formula is C27H46N2Ti. The van der Waals surface area contributed by atoms with Crippen molar-refractivity contribution in [1.82, 2.24) is 4.90 Å². The normalized spacial score (nSPS) is 29.8. The third kappa shape index (κ3) is 6.46. The molecule has 1 aromatic rings. The first-order valence-electron chi connectivity index (χ1n) is 10.8. The van der Waals surface area contributed by atoms with Gasteiger partial charge in [-0.15, -0.1) is 0 Å². The summed E-state index contributed by atoms with van der Waals surface area (Å²) in [6, 6.07) is 8.75. The summed E-state index contributed by atoms with van der Waals surface area (Å²) in [6.45, 7) is 12.9. The quantitative estimate of drug-likeness (QED) is 0.321. The van der Waals surface area contributed by atoms with Crippen LogP contribution in [0.3, 0.4) is 0 Å². The van der Waals surface area contributed by atoms with Crippen LogP contribution in [-0.4, -0.2) is 16.8 Å². The molecule has 0 atom stereocenters. The molecule has 4 rings (SSSR count). The van der Waals surface area contributed by atoms with E-state index in [0.29, 0.717) is 11.9 Å². The van der Waals surface area contributed by atoms with E-state index in [-0.39, 0.29) is 44.0 Å². The van der Waals surface area contributed by atoms with Gasteiger partial charge < -0.3 is 32.6 Å². The van der Waals surface area contributed by atoms with Crippen LogP contribution in [0.25, 0.3) is 5.41 Å². The molecule has 1 heterocycles. The fourth-order valence-electron chi connectivity index (χ4n) is 5.38. The first-order valence-corrected chi connectivity index (χ1v) is 10.8. The topological polar surface area (TPSA) is 25.5 Å². The first-order chi connectivity index (χ1) is 12.4. The van der Waals surface area contributed by atoms with Crippen molar-refractivity contribution in [1.29, 1.82) is 0 Å². The smallest absolute Gasteiger partial charge is 0.464 e. The van der Waals surface area contributed by atoms with Gasteiger partial charge in [-0.25, -0.2) is 0 Å². The zero-order valence-electron chi connectivity index (χ0n) is 20.9. The number of hydrogen-bond acceptors (Lipinski definition) is 0. The average molecular weight is 447 g/mol. The molecule has 0 saturated heterocycles. The molecule has 0 aromatic heterocycles. The predicted molar refractivity (Wildman–Crippen MR) is 131 cm³/mol. The second kappa shape index (κ2) is 13.7. The van der Waals surface area contributed by atoms with Crippen molar-refractivity contribution >= 4 is 5.84 Å². The van der Waals surface area contributed by atoms with Gasteiger partial charge in [0.1, 0.15) is 0 Å². The molecule has 2 nitrogen and oxygen atoms in total. The van der Waals surface area contributed by atoms with Crippen molar-refractivity contribution in [3.63, 3.8) is 0 Å². The summed E-state index contributed by atoms with van der Waals surface area (Å²) in [5.74, 6) is 5.18. The molecule has 30 heavy (non-hydrogen) atoms. The third-order valence-corrected chi connectivity index (χ3v) is 8.03. The van der Waals surface area contributed by atoms with Crippen molar-refractivity contribution < 1.29 is 21.7 Å². The predicted octanol–water partition coefficient (Wildman–Crippen LogP) is 7.68. The molecule has 0 radical (unpaired) electrons. The number of rotatable bonds is 1. The summed E-state index contributed by atoms with van der Waals surface area (Å²) in [5, 5.41) is 10.2. The van der Waals surface area contributed by atoms with Gasteiger partial charge in [0, 0.05) is 0 Å². The molecule has 0 N–H and O–H groups in total. The molecule has 3 heteroatoms. The van der Waals surface area contributed by atoms with Crippen molar-refractivity contribution in [2.24, 2.45) is 29.6 Å². The monoisotopic (exact) mass is 446 g/mol. The zero-order valence-corrected chi connectivity index (χ0v) is 22.5. The van der Waals surface area contributed by atoms with Crippen LogP contribution in [0.5, 0.6) is 0 Å². The second-order valence-electron chi connectivity index (χ2n) is 9.20. The van der Waals surface area contributed by atoms with Crippen LogP contribution in [-0.2, 0) is 28.3 Å². The minimum atomic E-state index is 0. The van der Waals surface area contributed by atoms with Crippen molar-refractivity contribution in [3.05, 3.63) is 63.1 Å². The van der Waals surface area contributed by atoms with Gasteiger partial charge in [-0.3, -0.25) is 0 Å². The first kappa shape index (κ1) is 31.6. The minimum Gasteiger partial charge on any atom is -0.464 e. The minimum absolute atomic E-state index is 0. The van der Waals surface area contributed by atoms with E-state index in [4.69, 9.17) is 0 Å². The Kier molecular flexibility index (Phi) is 14.5. The van der Waals surface area contributed by atoms with Crippen molar-refractivity contribution in [2.75, 3.05) is 0 Å². The van der Waals surface area contributed by atoms with Gasteiger partial charge >= 0.3 is 21.7 Å². The fraction of sp³-hybridized carbons (Fsp3) is 0.630. The Balaban J connectivity index is 0. The van der Waals surface area contributed by atoms with Crippen LogP contribution in [0.4, 0.5) is 0 Å². The van der Waals surface area contributed by atoms with Crippen molar-refractivity contribution in [2.45, 2.75) is 79.3 Å². The molecule has 0 amide bonds. The molecule has 1 aliphatic heterocycles. The average Bonchev–Trinajstić information content (AvgIpc) is 3.10. The number of fused-ring (bicyclic) bond motifs is 1. The van der Waals surface area contributed by atoms with Gasteiger partial charge in [0.25, 0.3) is 0 Å². The Hall–Kier alpha value is -0.596. The van der Waals surface area contributed by atoms with E-state index in [1.165, 1.54) is 37.7 Å². The Bertz CT molecular complexity index is 578. The largest absolute Gasteiger partial charge is 4.00 e. The van der Waals surface area contributed by atoms with E-state index >= 15 is 0 Å². The summed E-state index contributed by atoms with van der Waals surface area (Å²) in [7, 11) is 0. The Morgan fingerprint density at radius 1 is 0.733 bits per heavy atom. The van der Waals surface area contributed by atoms with Gasteiger partial charge in [0.05, 0.1) is 0 Å². The molecule has 0 spiro atoms. The maximum Gasteiger partial charge on any atom is 4.00 e. The molecule has 0 unspecified atom stereocenters. The summed E-state index contributed by atoms with van der Waals surface area (Å²) >= 11 is 0. The number of benzene rings is 1. The maximum atomic E-state index is 10.2. The van der Waals surface area contributed by atoms with Crippen LogP contribution in [0.15, 0.2) is 24.3 Å². The molecule has 0 bridgehead atoms. The molecule has 2 fully saturated rings. The van der Waals surface area contributed by atoms with Crippen LogP contribution in [0, 0.1) is 51.9 Å². The van der Waals surface area contributed by atoms with E-state index in [9.17, 15) is 5.41 Å². The van der Waals surface area contributed by atoms with E-state index in [2.05, 4.69) is 51.7 Å². The Labute approximate surface area is 204 Å². The van der Waals surface area contributed by atoms with Gasteiger partial charge in [0.2, 0.25) is 0 Å². The summed E-state index contributed by atoms with van der Waals surface area (Å²) in [5.41, 5.74) is 2.30. The van der Waals surface area contributed by atoms with E-state index in [0.717, 1.165) is 41.7 Å². The number of amidine groups is 1. The van der Waals surface area contributed by atoms with Gasteiger partial charge in [-0.2, -0.15) is 0 Å². The van der Waals surface area contributed by atoms with Gasteiger partial charge in [-0.1, -0.05) is 96.8 Å². The standard InChI is InChI=1S/C14H17N2.C10H20.3CH3.Ti/c15-14-13-9-5-4-6-11(13)10-16(14)12-7-2-1-3-8-12;1-6-7(2)9(4)10(5)8(6)3;;;;/h4-6,9,12H,1-3,7-8,10H2;6-10H,1-5H3;3*1H3;/q-1;;3*-1;+4. The molecule has 168 valence electrons.